The Morgan fingerprint density at radius 3 is 2.92 bits per heavy atom. The van der Waals surface area contributed by atoms with Crippen LogP contribution in [-0.2, 0) is 6.54 Å². The van der Waals surface area contributed by atoms with Gasteiger partial charge in [0, 0.05) is 24.0 Å². The van der Waals surface area contributed by atoms with Gasteiger partial charge in [-0.05, 0) is 30.3 Å². The Labute approximate surface area is 150 Å². The molecule has 8 nitrogen and oxygen atoms in total. The van der Waals surface area contributed by atoms with Crippen molar-refractivity contribution in [2.75, 3.05) is 11.9 Å². The Morgan fingerprint density at radius 2 is 2.19 bits per heavy atom. The Bertz CT molecular complexity index is 890. The van der Waals surface area contributed by atoms with Crippen LogP contribution in [0, 0.1) is 11.3 Å². The van der Waals surface area contributed by atoms with Crippen molar-refractivity contribution in [3.8, 4) is 17.5 Å². The summed E-state index contributed by atoms with van der Waals surface area (Å²) in [6.07, 6.45) is 3.16. The molecule has 0 radical (unpaired) electrons. The first kappa shape index (κ1) is 17.1. The zero-order chi connectivity index (χ0) is 18.2. The van der Waals surface area contributed by atoms with Crippen molar-refractivity contribution >= 4 is 11.7 Å². The van der Waals surface area contributed by atoms with E-state index in [1.54, 1.807) is 29.3 Å². The van der Waals surface area contributed by atoms with Crippen molar-refractivity contribution in [1.29, 1.82) is 5.26 Å². The largest absolute Gasteiger partial charge is 0.423 e. The van der Waals surface area contributed by atoms with Gasteiger partial charge in [0.1, 0.15) is 0 Å². The first-order valence-electron chi connectivity index (χ1n) is 7.95. The standard InChI is InChI=1S/C18H16N6O2/c19-8-4-10-24(12-16-6-1-2-9-20-16)18(25)22-15-7-3-5-14(11-15)17-23-21-13-26-17/h1-3,5-7,9,11,13H,4,10,12H2,(H,22,25). The molecule has 130 valence electrons. The first-order chi connectivity index (χ1) is 12.8. The molecule has 0 saturated heterocycles. The summed E-state index contributed by atoms with van der Waals surface area (Å²) in [5.74, 6) is 0.371. The fourth-order valence-electron chi connectivity index (χ4n) is 2.36. The number of nitriles is 1. The van der Waals surface area contributed by atoms with Gasteiger partial charge >= 0.3 is 6.03 Å². The molecule has 2 amide bonds. The summed E-state index contributed by atoms with van der Waals surface area (Å²) < 4.78 is 5.17. The number of carbonyl (C=O) groups excluding carboxylic acids is 1. The van der Waals surface area contributed by atoms with Gasteiger partial charge in [0.05, 0.1) is 24.7 Å². The lowest BCUT2D eigenvalue weighted by Gasteiger charge is -2.22. The highest BCUT2D eigenvalue weighted by Crippen LogP contribution is 2.20. The van der Waals surface area contributed by atoms with Gasteiger partial charge in [-0.25, -0.2) is 4.79 Å². The zero-order valence-electron chi connectivity index (χ0n) is 13.9. The van der Waals surface area contributed by atoms with E-state index in [0.717, 1.165) is 5.69 Å². The lowest BCUT2D eigenvalue weighted by Crippen LogP contribution is -2.35. The minimum absolute atomic E-state index is 0.238. The Morgan fingerprint density at radius 1 is 1.27 bits per heavy atom. The Kier molecular flexibility index (Phi) is 5.52. The third-order valence-electron chi connectivity index (χ3n) is 3.58. The van der Waals surface area contributed by atoms with Crippen LogP contribution in [0.3, 0.4) is 0 Å². The summed E-state index contributed by atoms with van der Waals surface area (Å²) in [5, 5.41) is 19.2. The smallest absolute Gasteiger partial charge is 0.322 e. The second-order valence-corrected chi connectivity index (χ2v) is 5.41. The van der Waals surface area contributed by atoms with E-state index < -0.39 is 0 Å². The minimum Gasteiger partial charge on any atom is -0.423 e. The van der Waals surface area contributed by atoms with Crippen molar-refractivity contribution in [2.24, 2.45) is 0 Å². The molecule has 2 aromatic heterocycles. The van der Waals surface area contributed by atoms with E-state index in [1.165, 1.54) is 6.39 Å². The average Bonchev–Trinajstić information content (AvgIpc) is 3.21. The van der Waals surface area contributed by atoms with Gasteiger partial charge in [-0.3, -0.25) is 4.98 Å². The molecule has 1 N–H and O–H groups in total. The lowest BCUT2D eigenvalue weighted by atomic mass is 10.2. The molecule has 3 rings (SSSR count). The van der Waals surface area contributed by atoms with Gasteiger partial charge < -0.3 is 14.6 Å². The van der Waals surface area contributed by atoms with Crippen molar-refractivity contribution in [1.82, 2.24) is 20.1 Å². The molecule has 0 bridgehead atoms. The minimum atomic E-state index is -0.311. The molecule has 0 saturated carbocycles. The Balaban J connectivity index is 1.73. The third kappa shape index (κ3) is 4.42. The molecule has 8 heteroatoms. The van der Waals surface area contributed by atoms with Crippen LogP contribution in [0.15, 0.2) is 59.5 Å². The SMILES string of the molecule is N#CCCN(Cc1ccccn1)C(=O)Nc1cccc(-c2nnco2)c1. The number of anilines is 1. The van der Waals surface area contributed by atoms with Crippen LogP contribution in [0.4, 0.5) is 10.5 Å². The summed E-state index contributed by atoms with van der Waals surface area (Å²) in [6, 6.07) is 14.4. The number of aromatic nitrogens is 3. The second kappa shape index (κ2) is 8.39. The lowest BCUT2D eigenvalue weighted by molar-refractivity contribution is 0.209. The van der Waals surface area contributed by atoms with E-state index in [1.807, 2.05) is 24.3 Å². The van der Waals surface area contributed by atoms with E-state index in [4.69, 9.17) is 9.68 Å². The van der Waals surface area contributed by atoms with Gasteiger partial charge in [0.15, 0.2) is 0 Å². The molecule has 2 heterocycles. The van der Waals surface area contributed by atoms with Crippen LogP contribution >= 0.6 is 0 Å². The maximum atomic E-state index is 12.6. The number of hydrogen-bond donors (Lipinski definition) is 1. The maximum absolute atomic E-state index is 12.6. The molecule has 26 heavy (non-hydrogen) atoms. The molecular formula is C18H16N6O2. The summed E-state index contributed by atoms with van der Waals surface area (Å²) in [7, 11) is 0. The van der Waals surface area contributed by atoms with Gasteiger partial charge in [-0.15, -0.1) is 10.2 Å². The molecule has 0 aliphatic rings. The third-order valence-corrected chi connectivity index (χ3v) is 3.58. The van der Waals surface area contributed by atoms with E-state index >= 15 is 0 Å². The number of pyridine rings is 1. The first-order valence-corrected chi connectivity index (χ1v) is 7.95. The van der Waals surface area contributed by atoms with Crippen LogP contribution in [0.1, 0.15) is 12.1 Å². The van der Waals surface area contributed by atoms with Crippen molar-refractivity contribution in [3.05, 3.63) is 60.7 Å². The highest BCUT2D eigenvalue weighted by molar-refractivity contribution is 5.90. The number of benzene rings is 1. The number of urea groups is 1. The second-order valence-electron chi connectivity index (χ2n) is 5.41. The highest BCUT2D eigenvalue weighted by atomic mass is 16.4. The normalized spacial score (nSPS) is 10.1. The van der Waals surface area contributed by atoms with E-state index in [2.05, 4.69) is 26.6 Å². The van der Waals surface area contributed by atoms with E-state index in [-0.39, 0.29) is 12.5 Å². The number of carbonyl (C=O) groups is 1. The fraction of sp³-hybridized carbons (Fsp3) is 0.167. The van der Waals surface area contributed by atoms with Crippen LogP contribution in [0.5, 0.6) is 0 Å². The van der Waals surface area contributed by atoms with Gasteiger partial charge in [0.2, 0.25) is 12.3 Å². The molecule has 0 aliphatic heterocycles. The molecule has 0 unspecified atom stereocenters. The molecular weight excluding hydrogens is 332 g/mol. The topological polar surface area (TPSA) is 108 Å². The van der Waals surface area contributed by atoms with Crippen LogP contribution in [0.2, 0.25) is 0 Å². The molecule has 1 aromatic carbocycles. The van der Waals surface area contributed by atoms with Gasteiger partial charge in [-0.1, -0.05) is 12.1 Å². The van der Waals surface area contributed by atoms with Gasteiger partial charge in [-0.2, -0.15) is 5.26 Å². The number of hydrogen-bond acceptors (Lipinski definition) is 6. The number of rotatable bonds is 6. The van der Waals surface area contributed by atoms with Crippen LogP contribution in [0.25, 0.3) is 11.5 Å². The Hall–Kier alpha value is -3.73. The van der Waals surface area contributed by atoms with Crippen molar-refractivity contribution in [2.45, 2.75) is 13.0 Å². The summed E-state index contributed by atoms with van der Waals surface area (Å²) in [5.41, 5.74) is 2.04. The molecule has 3 aromatic rings. The summed E-state index contributed by atoms with van der Waals surface area (Å²) >= 11 is 0. The number of amides is 2. The van der Waals surface area contributed by atoms with E-state index in [9.17, 15) is 4.79 Å². The van der Waals surface area contributed by atoms with Crippen molar-refractivity contribution in [3.63, 3.8) is 0 Å². The van der Waals surface area contributed by atoms with E-state index in [0.29, 0.717) is 30.2 Å². The van der Waals surface area contributed by atoms with Crippen LogP contribution in [-0.4, -0.2) is 32.7 Å². The highest BCUT2D eigenvalue weighted by Gasteiger charge is 2.15. The molecule has 0 spiro atoms. The van der Waals surface area contributed by atoms with Crippen molar-refractivity contribution < 1.29 is 9.21 Å². The molecule has 0 aliphatic carbocycles. The molecule has 0 fully saturated rings. The average molecular weight is 348 g/mol. The monoisotopic (exact) mass is 348 g/mol. The zero-order valence-corrected chi connectivity index (χ0v) is 13.9. The summed E-state index contributed by atoms with van der Waals surface area (Å²) in [6.45, 7) is 0.625. The fourth-order valence-corrected chi connectivity index (χ4v) is 2.36. The summed E-state index contributed by atoms with van der Waals surface area (Å²) in [4.78, 5) is 18.4. The van der Waals surface area contributed by atoms with Crippen LogP contribution < -0.4 is 5.32 Å². The number of nitrogens with one attached hydrogen (secondary N) is 1. The number of nitrogens with zero attached hydrogens (tertiary/aromatic N) is 5. The molecule has 0 atom stereocenters. The van der Waals surface area contributed by atoms with Gasteiger partial charge in [0.25, 0.3) is 0 Å². The maximum Gasteiger partial charge on any atom is 0.322 e. The predicted octanol–water partition coefficient (Wildman–Crippen LogP) is 3.08. The quantitative estimate of drug-likeness (QED) is 0.733. The predicted molar refractivity (Wildman–Crippen MR) is 93.6 cm³/mol.